The van der Waals surface area contributed by atoms with E-state index < -0.39 is 20.0 Å². The molecule has 0 bridgehead atoms. The number of hydrogen-bond donors (Lipinski definition) is 1. The van der Waals surface area contributed by atoms with Crippen LogP contribution in [0.3, 0.4) is 0 Å². The number of benzene rings is 2. The fraction of sp³-hybridized carbons (Fsp3) is 0.429. The van der Waals surface area contributed by atoms with E-state index in [0.29, 0.717) is 18.8 Å². The smallest absolute Gasteiger partial charge is 0.261 e. The number of nitrogens with one attached hydrogen (secondary N) is 1. The monoisotopic (exact) mass is 466 g/mol. The summed E-state index contributed by atoms with van der Waals surface area (Å²) in [5.74, 6) is 0. The van der Waals surface area contributed by atoms with Crippen molar-refractivity contribution in [1.29, 1.82) is 0 Å². The molecule has 3 rings (SSSR count). The number of rotatable bonds is 8. The second-order valence-corrected chi connectivity index (χ2v) is 11.1. The van der Waals surface area contributed by atoms with Crippen molar-refractivity contribution < 1.29 is 16.8 Å². The van der Waals surface area contributed by atoms with Crippen molar-refractivity contribution in [1.82, 2.24) is 9.21 Å². The van der Waals surface area contributed by atoms with E-state index in [1.54, 1.807) is 26.0 Å². The van der Waals surface area contributed by atoms with Gasteiger partial charge in [0.2, 0.25) is 10.0 Å². The first-order valence-electron chi connectivity index (χ1n) is 10.3. The molecule has 1 heterocycles. The maximum absolute atomic E-state index is 13.0. The number of para-hydroxylation sites is 2. The van der Waals surface area contributed by atoms with Gasteiger partial charge in [-0.3, -0.25) is 4.72 Å². The zero-order valence-corrected chi connectivity index (χ0v) is 19.8. The topological polar surface area (TPSA) is 90.0 Å². The fourth-order valence-corrected chi connectivity index (χ4v) is 6.12. The van der Waals surface area contributed by atoms with Crippen LogP contribution in [0, 0.1) is 0 Å². The van der Waals surface area contributed by atoms with Crippen LogP contribution in [0.2, 0.25) is 0 Å². The van der Waals surface area contributed by atoms with E-state index in [-0.39, 0.29) is 9.79 Å². The standard InChI is InChI=1S/C21H30N4O4S2/c1-4-25(5-2)31(28,29)19-12-10-18(11-13-19)30(26,27)22-20-8-6-7-9-21(20)24-16-14-23(3)15-17-24/h6-13,22H,4-5,14-17H2,1-3H3. The predicted octanol–water partition coefficient (Wildman–Crippen LogP) is 2.27. The van der Waals surface area contributed by atoms with Gasteiger partial charge in [-0.2, -0.15) is 4.31 Å². The molecule has 1 fully saturated rings. The molecule has 1 aliphatic rings. The summed E-state index contributed by atoms with van der Waals surface area (Å²) in [5, 5.41) is 0. The lowest BCUT2D eigenvalue weighted by Gasteiger charge is -2.35. The summed E-state index contributed by atoms with van der Waals surface area (Å²) in [6, 6.07) is 12.7. The molecule has 10 heteroatoms. The maximum Gasteiger partial charge on any atom is 0.261 e. The second-order valence-electron chi connectivity index (χ2n) is 7.47. The van der Waals surface area contributed by atoms with Crippen molar-refractivity contribution in [3.8, 4) is 0 Å². The van der Waals surface area contributed by atoms with Crippen LogP contribution in [0.4, 0.5) is 11.4 Å². The average molecular weight is 467 g/mol. The Balaban J connectivity index is 1.84. The summed E-state index contributed by atoms with van der Waals surface area (Å²) in [4.78, 5) is 4.49. The first-order valence-corrected chi connectivity index (χ1v) is 13.3. The largest absolute Gasteiger partial charge is 0.367 e. The number of nitrogens with zero attached hydrogens (tertiary/aromatic N) is 3. The first-order chi connectivity index (χ1) is 14.7. The molecule has 0 unspecified atom stereocenters. The molecule has 0 aromatic heterocycles. The maximum atomic E-state index is 13.0. The lowest BCUT2D eigenvalue weighted by Crippen LogP contribution is -2.44. The summed E-state index contributed by atoms with van der Waals surface area (Å²) in [6.45, 7) is 7.67. The van der Waals surface area contributed by atoms with E-state index in [0.717, 1.165) is 31.9 Å². The highest BCUT2D eigenvalue weighted by Gasteiger charge is 2.24. The molecule has 0 saturated carbocycles. The Morgan fingerprint density at radius 3 is 1.97 bits per heavy atom. The van der Waals surface area contributed by atoms with Crippen LogP contribution in [0.15, 0.2) is 58.3 Å². The Morgan fingerprint density at radius 1 is 0.839 bits per heavy atom. The Kier molecular flexibility index (Phi) is 7.25. The van der Waals surface area contributed by atoms with Crippen LogP contribution in [-0.4, -0.2) is 72.4 Å². The molecule has 1 N–H and O–H groups in total. The van der Waals surface area contributed by atoms with Gasteiger partial charge in [0.1, 0.15) is 0 Å². The van der Waals surface area contributed by atoms with E-state index >= 15 is 0 Å². The van der Waals surface area contributed by atoms with Gasteiger partial charge in [-0.15, -0.1) is 0 Å². The third kappa shape index (κ3) is 5.20. The highest BCUT2D eigenvalue weighted by Crippen LogP contribution is 2.29. The molecule has 1 aliphatic heterocycles. The summed E-state index contributed by atoms with van der Waals surface area (Å²) in [6.07, 6.45) is 0. The molecule has 31 heavy (non-hydrogen) atoms. The predicted molar refractivity (Wildman–Crippen MR) is 124 cm³/mol. The van der Waals surface area contributed by atoms with Crippen molar-refractivity contribution in [2.75, 3.05) is 55.9 Å². The van der Waals surface area contributed by atoms with Gasteiger partial charge in [0.05, 0.1) is 21.2 Å². The Labute approximate surface area is 185 Å². The number of piperazine rings is 1. The normalized spacial score (nSPS) is 15.9. The van der Waals surface area contributed by atoms with Gasteiger partial charge in [-0.25, -0.2) is 16.8 Å². The molecule has 0 aliphatic carbocycles. The van der Waals surface area contributed by atoms with E-state index in [4.69, 9.17) is 0 Å². The van der Waals surface area contributed by atoms with Gasteiger partial charge in [0, 0.05) is 39.3 Å². The Morgan fingerprint density at radius 2 is 1.39 bits per heavy atom. The minimum absolute atomic E-state index is 0.0131. The second kappa shape index (κ2) is 9.56. The van der Waals surface area contributed by atoms with Gasteiger partial charge >= 0.3 is 0 Å². The molecule has 1 saturated heterocycles. The van der Waals surface area contributed by atoms with E-state index in [1.807, 2.05) is 12.1 Å². The van der Waals surface area contributed by atoms with Crippen LogP contribution < -0.4 is 9.62 Å². The third-order valence-electron chi connectivity index (χ3n) is 5.47. The van der Waals surface area contributed by atoms with Gasteiger partial charge in [-0.1, -0.05) is 26.0 Å². The molecule has 0 radical (unpaired) electrons. The van der Waals surface area contributed by atoms with E-state index in [1.165, 1.54) is 28.6 Å². The first kappa shape index (κ1) is 23.5. The zero-order chi connectivity index (χ0) is 22.6. The number of likely N-dealkylation sites (N-methyl/N-ethyl adjacent to an activating group) is 1. The molecule has 0 spiro atoms. The molecule has 8 nitrogen and oxygen atoms in total. The molecule has 2 aromatic carbocycles. The van der Waals surface area contributed by atoms with Crippen molar-refractivity contribution in [3.05, 3.63) is 48.5 Å². The lowest BCUT2D eigenvalue weighted by molar-refractivity contribution is 0.313. The third-order valence-corrected chi connectivity index (χ3v) is 8.92. The molecular formula is C21H30N4O4S2. The Bertz CT molecular complexity index is 1090. The van der Waals surface area contributed by atoms with Gasteiger partial charge < -0.3 is 9.80 Å². The summed E-state index contributed by atoms with van der Waals surface area (Å²) in [5.41, 5.74) is 1.34. The highest BCUT2D eigenvalue weighted by molar-refractivity contribution is 7.92. The fourth-order valence-electron chi connectivity index (χ4n) is 3.59. The van der Waals surface area contributed by atoms with E-state index in [2.05, 4.69) is 21.6 Å². The van der Waals surface area contributed by atoms with Gasteiger partial charge in [-0.05, 0) is 43.4 Å². The van der Waals surface area contributed by atoms with E-state index in [9.17, 15) is 16.8 Å². The van der Waals surface area contributed by atoms with Crippen LogP contribution >= 0.6 is 0 Å². The van der Waals surface area contributed by atoms with Gasteiger partial charge in [0.15, 0.2) is 0 Å². The zero-order valence-electron chi connectivity index (χ0n) is 18.2. The molecular weight excluding hydrogens is 436 g/mol. The van der Waals surface area contributed by atoms with Gasteiger partial charge in [0.25, 0.3) is 10.0 Å². The SMILES string of the molecule is CCN(CC)S(=O)(=O)c1ccc(S(=O)(=O)Nc2ccccc2N2CCN(C)CC2)cc1. The average Bonchev–Trinajstić information content (AvgIpc) is 2.75. The minimum atomic E-state index is -3.87. The van der Waals surface area contributed by atoms with Crippen molar-refractivity contribution >= 4 is 31.4 Å². The van der Waals surface area contributed by atoms with Crippen molar-refractivity contribution in [2.24, 2.45) is 0 Å². The molecule has 2 aromatic rings. The van der Waals surface area contributed by atoms with Crippen LogP contribution in [0.1, 0.15) is 13.8 Å². The van der Waals surface area contributed by atoms with Crippen LogP contribution in [-0.2, 0) is 20.0 Å². The van der Waals surface area contributed by atoms with Crippen molar-refractivity contribution in [2.45, 2.75) is 23.6 Å². The lowest BCUT2D eigenvalue weighted by atomic mass is 10.2. The number of hydrogen-bond acceptors (Lipinski definition) is 6. The Hall–Kier alpha value is -2.14. The highest BCUT2D eigenvalue weighted by atomic mass is 32.2. The summed E-state index contributed by atoms with van der Waals surface area (Å²) < 4.78 is 55.3. The van der Waals surface area contributed by atoms with Crippen molar-refractivity contribution in [3.63, 3.8) is 0 Å². The minimum Gasteiger partial charge on any atom is -0.367 e. The van der Waals surface area contributed by atoms with Crippen LogP contribution in [0.25, 0.3) is 0 Å². The number of anilines is 2. The van der Waals surface area contributed by atoms with Crippen LogP contribution in [0.5, 0.6) is 0 Å². The summed E-state index contributed by atoms with van der Waals surface area (Å²) >= 11 is 0. The summed E-state index contributed by atoms with van der Waals surface area (Å²) in [7, 11) is -5.45. The molecule has 0 atom stereocenters. The molecule has 0 amide bonds. The molecule has 170 valence electrons. The number of sulfonamides is 2. The quantitative estimate of drug-likeness (QED) is 0.642.